The Morgan fingerprint density at radius 1 is 1.09 bits per heavy atom. The Balaban J connectivity index is 1.71. The Morgan fingerprint density at radius 2 is 1.83 bits per heavy atom. The van der Waals surface area contributed by atoms with Crippen LogP contribution in [0.25, 0.3) is 0 Å². The van der Waals surface area contributed by atoms with Crippen LogP contribution in [-0.4, -0.2) is 49.7 Å². The molecule has 0 aromatic rings. The number of piperidine rings is 1. The number of rotatable bonds is 7. The third-order valence-corrected chi connectivity index (χ3v) is 5.24. The van der Waals surface area contributed by atoms with Gasteiger partial charge in [-0.1, -0.05) is 32.1 Å². The summed E-state index contributed by atoms with van der Waals surface area (Å²) in [6.07, 6.45) is 12.6. The molecule has 134 valence electrons. The molecule has 1 saturated heterocycles. The molecule has 0 aromatic carbocycles. The van der Waals surface area contributed by atoms with E-state index < -0.39 is 0 Å². The van der Waals surface area contributed by atoms with E-state index in [1.165, 1.54) is 44.9 Å². The molecule has 23 heavy (non-hydrogen) atoms. The minimum atomic E-state index is 0.449. The van der Waals surface area contributed by atoms with Crippen LogP contribution in [-0.2, 0) is 4.74 Å². The van der Waals surface area contributed by atoms with Gasteiger partial charge in [-0.05, 0) is 45.4 Å². The lowest BCUT2D eigenvalue weighted by molar-refractivity contribution is 0.0264. The highest BCUT2D eigenvalue weighted by Gasteiger charge is 2.21. The van der Waals surface area contributed by atoms with E-state index in [1.807, 2.05) is 0 Å². The largest absolute Gasteiger partial charge is 0.378 e. The zero-order chi connectivity index (χ0) is 16.3. The van der Waals surface area contributed by atoms with Crippen molar-refractivity contribution >= 4 is 5.96 Å². The number of aliphatic imine (C=N–C) groups is 1. The summed E-state index contributed by atoms with van der Waals surface area (Å²) in [6.45, 7) is 9.14. The highest BCUT2D eigenvalue weighted by Crippen LogP contribution is 2.27. The molecule has 0 spiro atoms. The van der Waals surface area contributed by atoms with Crippen LogP contribution in [0.4, 0.5) is 0 Å². The second kappa shape index (κ2) is 10.9. The molecule has 0 radical (unpaired) electrons. The first-order valence-corrected chi connectivity index (χ1v) is 9.98. The van der Waals surface area contributed by atoms with Crippen molar-refractivity contribution in [3.63, 3.8) is 0 Å². The second-order valence-corrected chi connectivity index (χ2v) is 7.02. The van der Waals surface area contributed by atoms with Crippen molar-refractivity contribution < 1.29 is 4.74 Å². The van der Waals surface area contributed by atoms with Gasteiger partial charge in [0.05, 0.1) is 6.10 Å². The first kappa shape index (κ1) is 18.6. The van der Waals surface area contributed by atoms with Gasteiger partial charge in [-0.3, -0.25) is 4.99 Å². The summed E-state index contributed by atoms with van der Waals surface area (Å²) in [6, 6.07) is 0. The maximum absolute atomic E-state index is 5.75. The summed E-state index contributed by atoms with van der Waals surface area (Å²) in [5.74, 6) is 2.09. The molecule has 2 rings (SSSR count). The van der Waals surface area contributed by atoms with E-state index in [2.05, 4.69) is 24.1 Å². The average molecular weight is 324 g/mol. The van der Waals surface area contributed by atoms with Crippen LogP contribution in [0, 0.1) is 5.92 Å². The minimum absolute atomic E-state index is 0.449. The van der Waals surface area contributed by atoms with Gasteiger partial charge in [-0.15, -0.1) is 0 Å². The Bertz CT molecular complexity index is 332. The summed E-state index contributed by atoms with van der Waals surface area (Å²) in [5, 5.41) is 3.47. The van der Waals surface area contributed by atoms with Crippen molar-refractivity contribution in [3.8, 4) is 0 Å². The van der Waals surface area contributed by atoms with Crippen LogP contribution < -0.4 is 5.32 Å². The van der Waals surface area contributed by atoms with E-state index >= 15 is 0 Å². The number of ether oxygens (including phenoxy) is 1. The molecule has 2 fully saturated rings. The molecule has 0 atom stereocenters. The van der Waals surface area contributed by atoms with Crippen LogP contribution in [0.15, 0.2) is 4.99 Å². The molecule has 0 aromatic heterocycles. The van der Waals surface area contributed by atoms with E-state index in [9.17, 15) is 0 Å². The fourth-order valence-corrected chi connectivity index (χ4v) is 3.94. The molecule has 0 unspecified atom stereocenters. The lowest BCUT2D eigenvalue weighted by Gasteiger charge is -2.34. The van der Waals surface area contributed by atoms with Gasteiger partial charge in [0.15, 0.2) is 5.96 Å². The number of guanidine groups is 1. The third kappa shape index (κ3) is 6.70. The molecule has 1 aliphatic heterocycles. The van der Waals surface area contributed by atoms with Crippen LogP contribution in [0.5, 0.6) is 0 Å². The highest BCUT2D eigenvalue weighted by atomic mass is 16.5. The molecule has 2 aliphatic rings. The van der Waals surface area contributed by atoms with E-state index in [0.717, 1.165) is 57.5 Å². The number of nitrogens with zero attached hydrogens (tertiary/aromatic N) is 2. The maximum Gasteiger partial charge on any atom is 0.193 e. The summed E-state index contributed by atoms with van der Waals surface area (Å²) >= 11 is 0. The standard InChI is InChI=1S/C19H37N3O/c1-3-20-19(22-15-12-18(13-16-22)23-4-2)21-14-8-11-17-9-6-5-7-10-17/h17-18H,3-16H2,1-2H3,(H,20,21). The highest BCUT2D eigenvalue weighted by molar-refractivity contribution is 5.80. The SMILES string of the molecule is CCNC(=NCCCC1CCCCC1)N1CCC(OCC)CC1. The van der Waals surface area contributed by atoms with Crippen molar-refractivity contribution in [1.29, 1.82) is 0 Å². The first-order valence-electron chi connectivity index (χ1n) is 9.98. The van der Waals surface area contributed by atoms with Gasteiger partial charge in [-0.2, -0.15) is 0 Å². The Labute approximate surface area is 143 Å². The van der Waals surface area contributed by atoms with Gasteiger partial charge in [0.1, 0.15) is 0 Å². The van der Waals surface area contributed by atoms with Crippen LogP contribution in [0.1, 0.15) is 71.6 Å². The van der Waals surface area contributed by atoms with Gasteiger partial charge in [0, 0.05) is 32.8 Å². The Hall–Kier alpha value is -0.770. The van der Waals surface area contributed by atoms with Crippen LogP contribution in [0.3, 0.4) is 0 Å². The molecular formula is C19H37N3O. The van der Waals surface area contributed by atoms with Crippen molar-refractivity contribution in [3.05, 3.63) is 0 Å². The topological polar surface area (TPSA) is 36.9 Å². The van der Waals surface area contributed by atoms with Crippen molar-refractivity contribution in [1.82, 2.24) is 10.2 Å². The summed E-state index contributed by atoms with van der Waals surface area (Å²) < 4.78 is 5.75. The maximum atomic E-state index is 5.75. The lowest BCUT2D eigenvalue weighted by atomic mass is 9.86. The number of likely N-dealkylation sites (tertiary alicyclic amines) is 1. The van der Waals surface area contributed by atoms with Gasteiger partial charge < -0.3 is 15.0 Å². The molecule has 4 nitrogen and oxygen atoms in total. The van der Waals surface area contributed by atoms with Crippen LogP contribution >= 0.6 is 0 Å². The number of hydrogen-bond donors (Lipinski definition) is 1. The van der Waals surface area contributed by atoms with Gasteiger partial charge >= 0.3 is 0 Å². The molecule has 1 N–H and O–H groups in total. The van der Waals surface area contributed by atoms with E-state index in [0.29, 0.717) is 6.10 Å². The second-order valence-electron chi connectivity index (χ2n) is 7.02. The summed E-state index contributed by atoms with van der Waals surface area (Å²) in [5.41, 5.74) is 0. The number of hydrogen-bond acceptors (Lipinski definition) is 2. The summed E-state index contributed by atoms with van der Waals surface area (Å²) in [7, 11) is 0. The van der Waals surface area contributed by atoms with Gasteiger partial charge in [0.25, 0.3) is 0 Å². The third-order valence-electron chi connectivity index (χ3n) is 5.24. The minimum Gasteiger partial charge on any atom is -0.378 e. The molecule has 1 heterocycles. The predicted molar refractivity (Wildman–Crippen MR) is 98.0 cm³/mol. The van der Waals surface area contributed by atoms with Crippen LogP contribution in [0.2, 0.25) is 0 Å². The van der Waals surface area contributed by atoms with Gasteiger partial charge in [0.2, 0.25) is 0 Å². The monoisotopic (exact) mass is 323 g/mol. The zero-order valence-corrected chi connectivity index (χ0v) is 15.4. The predicted octanol–water partition coefficient (Wildman–Crippen LogP) is 3.81. The van der Waals surface area contributed by atoms with Gasteiger partial charge in [-0.25, -0.2) is 0 Å². The molecule has 4 heteroatoms. The fourth-order valence-electron chi connectivity index (χ4n) is 3.94. The first-order chi connectivity index (χ1) is 11.3. The molecule has 0 amide bonds. The van der Waals surface area contributed by atoms with E-state index in [1.54, 1.807) is 0 Å². The van der Waals surface area contributed by atoms with Crippen molar-refractivity contribution in [2.45, 2.75) is 77.7 Å². The molecule has 0 bridgehead atoms. The van der Waals surface area contributed by atoms with Crippen molar-refractivity contribution in [2.75, 3.05) is 32.8 Å². The molecule has 1 saturated carbocycles. The van der Waals surface area contributed by atoms with Crippen molar-refractivity contribution in [2.24, 2.45) is 10.9 Å². The molecular weight excluding hydrogens is 286 g/mol. The summed E-state index contributed by atoms with van der Waals surface area (Å²) in [4.78, 5) is 7.30. The number of nitrogens with one attached hydrogen (secondary N) is 1. The smallest absolute Gasteiger partial charge is 0.193 e. The fraction of sp³-hybridized carbons (Fsp3) is 0.947. The Morgan fingerprint density at radius 3 is 2.48 bits per heavy atom. The Kier molecular flexibility index (Phi) is 8.80. The van der Waals surface area contributed by atoms with E-state index in [-0.39, 0.29) is 0 Å². The molecule has 1 aliphatic carbocycles. The van der Waals surface area contributed by atoms with E-state index in [4.69, 9.17) is 9.73 Å². The normalized spacial score (nSPS) is 21.7. The zero-order valence-electron chi connectivity index (χ0n) is 15.4. The lowest BCUT2D eigenvalue weighted by Crippen LogP contribution is -2.47. The quantitative estimate of drug-likeness (QED) is 0.440. The average Bonchev–Trinajstić information content (AvgIpc) is 2.60.